The fraction of sp³-hybridized carbons (Fsp3) is 0.167. The van der Waals surface area contributed by atoms with Crippen LogP contribution < -0.4 is 10.6 Å². The molecule has 1 aliphatic heterocycles. The summed E-state index contributed by atoms with van der Waals surface area (Å²) < 4.78 is 33.4. The number of anilines is 2. The molecule has 2 N–H and O–H groups in total. The molecule has 0 saturated carbocycles. The number of benzene rings is 2. The topological polar surface area (TPSA) is 81.3 Å². The molecule has 0 unspecified atom stereocenters. The Bertz CT molecular complexity index is 1080. The molecule has 1 aliphatic rings. The molecule has 0 bridgehead atoms. The Morgan fingerprint density at radius 2 is 2.00 bits per heavy atom. The van der Waals surface area contributed by atoms with E-state index in [4.69, 9.17) is 22.1 Å². The van der Waals surface area contributed by atoms with E-state index in [1.165, 1.54) is 17.3 Å². The van der Waals surface area contributed by atoms with E-state index in [-0.39, 0.29) is 23.9 Å². The Hall–Kier alpha value is -2.84. The molecule has 9 heteroatoms. The van der Waals surface area contributed by atoms with Gasteiger partial charge in [-0.25, -0.2) is 18.7 Å². The second kappa shape index (κ2) is 6.71. The summed E-state index contributed by atoms with van der Waals surface area (Å²) in [6, 6.07) is 5.61. The highest BCUT2D eigenvalue weighted by atomic mass is 35.5. The molecular weight excluding hydrogens is 378 g/mol. The lowest BCUT2D eigenvalue weighted by atomic mass is 10.00. The number of nitrogens with zero attached hydrogens (tertiary/aromatic N) is 3. The van der Waals surface area contributed by atoms with Crippen molar-refractivity contribution in [3.05, 3.63) is 47.2 Å². The molecular formula is C18H13ClF2N4O2. The van der Waals surface area contributed by atoms with Gasteiger partial charge in [0.2, 0.25) is 0 Å². The summed E-state index contributed by atoms with van der Waals surface area (Å²) in [5.41, 5.74) is 7.21. The fourth-order valence-electron chi connectivity index (χ4n) is 3.06. The molecule has 0 radical (unpaired) electrons. The van der Waals surface area contributed by atoms with Gasteiger partial charge in [-0.3, -0.25) is 4.79 Å². The van der Waals surface area contributed by atoms with Gasteiger partial charge in [-0.1, -0.05) is 11.6 Å². The number of amides is 1. The highest BCUT2D eigenvalue weighted by Gasteiger charge is 2.24. The number of morpholine rings is 1. The highest BCUT2D eigenvalue weighted by molar-refractivity contribution is 6.31. The van der Waals surface area contributed by atoms with E-state index in [0.717, 1.165) is 6.07 Å². The van der Waals surface area contributed by atoms with Gasteiger partial charge < -0.3 is 15.4 Å². The van der Waals surface area contributed by atoms with Crippen LogP contribution in [0.3, 0.4) is 0 Å². The highest BCUT2D eigenvalue weighted by Crippen LogP contribution is 2.37. The average molecular weight is 391 g/mol. The zero-order valence-corrected chi connectivity index (χ0v) is 14.6. The number of halogens is 3. The molecule has 138 valence electrons. The third kappa shape index (κ3) is 2.96. The van der Waals surface area contributed by atoms with Gasteiger partial charge in [-0.15, -0.1) is 0 Å². The van der Waals surface area contributed by atoms with Crippen molar-refractivity contribution < 1.29 is 18.3 Å². The number of aromatic nitrogens is 2. The molecule has 27 heavy (non-hydrogen) atoms. The van der Waals surface area contributed by atoms with Crippen LogP contribution >= 0.6 is 11.6 Å². The van der Waals surface area contributed by atoms with Crippen LogP contribution in [-0.2, 0) is 9.53 Å². The number of hydrogen-bond acceptors (Lipinski definition) is 5. The van der Waals surface area contributed by atoms with Gasteiger partial charge in [0.05, 0.1) is 12.1 Å². The average Bonchev–Trinajstić information content (AvgIpc) is 2.67. The van der Waals surface area contributed by atoms with Crippen molar-refractivity contribution in [3.8, 4) is 11.1 Å². The van der Waals surface area contributed by atoms with Crippen molar-refractivity contribution in [2.75, 3.05) is 30.4 Å². The first-order valence-corrected chi connectivity index (χ1v) is 8.41. The summed E-state index contributed by atoms with van der Waals surface area (Å²) in [6.07, 6.45) is 1.25. The molecule has 3 aromatic rings. The van der Waals surface area contributed by atoms with Crippen molar-refractivity contribution in [1.29, 1.82) is 0 Å². The van der Waals surface area contributed by atoms with Crippen molar-refractivity contribution in [2.45, 2.75) is 0 Å². The number of carbonyl (C=O) groups excluding carboxylic acids is 1. The zero-order chi connectivity index (χ0) is 19.1. The zero-order valence-electron chi connectivity index (χ0n) is 13.9. The minimum atomic E-state index is -0.916. The monoisotopic (exact) mass is 390 g/mol. The van der Waals surface area contributed by atoms with Crippen molar-refractivity contribution in [2.24, 2.45) is 0 Å². The number of rotatable bonds is 2. The second-order valence-electron chi connectivity index (χ2n) is 5.97. The van der Waals surface area contributed by atoms with Gasteiger partial charge in [-0.05, 0) is 24.3 Å². The van der Waals surface area contributed by atoms with Gasteiger partial charge in [0.25, 0.3) is 5.91 Å². The Morgan fingerprint density at radius 3 is 2.78 bits per heavy atom. The maximum absolute atomic E-state index is 14.7. The predicted molar refractivity (Wildman–Crippen MR) is 97.5 cm³/mol. The van der Waals surface area contributed by atoms with Gasteiger partial charge >= 0.3 is 0 Å². The first kappa shape index (κ1) is 17.6. The molecule has 1 amide bonds. The molecule has 6 nitrogen and oxygen atoms in total. The van der Waals surface area contributed by atoms with Crippen LogP contribution in [-0.4, -0.2) is 35.6 Å². The Kier molecular flexibility index (Phi) is 4.37. The molecule has 4 rings (SSSR count). The minimum Gasteiger partial charge on any atom is -0.383 e. The lowest BCUT2D eigenvalue weighted by Gasteiger charge is -2.27. The number of ether oxygens (including phenoxy) is 1. The summed E-state index contributed by atoms with van der Waals surface area (Å²) >= 11 is 5.74. The molecule has 1 saturated heterocycles. The van der Waals surface area contributed by atoms with Crippen molar-refractivity contribution in [3.63, 3.8) is 0 Å². The third-order valence-corrected chi connectivity index (χ3v) is 4.72. The number of nitrogens with two attached hydrogens (primary N) is 1. The van der Waals surface area contributed by atoms with E-state index in [2.05, 4.69) is 9.97 Å². The third-order valence-electron chi connectivity index (χ3n) is 4.38. The smallest absolute Gasteiger partial charge is 0.253 e. The Labute approximate surface area is 157 Å². The standard InChI is InChI=1S/C18H13ClF2N4O2/c19-15-13(20)2-1-10(16(15)21)11-5-9(25-3-4-27-7-14(25)26)6-12-17(11)23-8-24-18(12)22/h1-2,5-6,8H,3-4,7H2,(H2,22,23,24). The van der Waals surface area contributed by atoms with Crippen LogP contribution in [0.4, 0.5) is 20.3 Å². The van der Waals surface area contributed by atoms with E-state index in [0.29, 0.717) is 35.3 Å². The maximum Gasteiger partial charge on any atom is 0.253 e. The fourth-order valence-corrected chi connectivity index (χ4v) is 3.22. The lowest BCUT2D eigenvalue weighted by Crippen LogP contribution is -2.41. The van der Waals surface area contributed by atoms with E-state index >= 15 is 0 Å². The summed E-state index contributed by atoms with van der Waals surface area (Å²) in [6.45, 7) is 0.658. The first-order chi connectivity index (χ1) is 13.0. The minimum absolute atomic E-state index is 0.0482. The van der Waals surface area contributed by atoms with Crippen LogP contribution in [0.15, 0.2) is 30.6 Å². The van der Waals surface area contributed by atoms with Gasteiger partial charge in [-0.2, -0.15) is 0 Å². The summed E-state index contributed by atoms with van der Waals surface area (Å²) in [5, 5.41) is -0.167. The Morgan fingerprint density at radius 1 is 1.19 bits per heavy atom. The first-order valence-electron chi connectivity index (χ1n) is 8.03. The van der Waals surface area contributed by atoms with Crippen LogP contribution in [0.25, 0.3) is 22.0 Å². The van der Waals surface area contributed by atoms with Crippen LogP contribution in [0.5, 0.6) is 0 Å². The van der Waals surface area contributed by atoms with E-state index in [1.54, 1.807) is 12.1 Å². The van der Waals surface area contributed by atoms with Crippen molar-refractivity contribution in [1.82, 2.24) is 9.97 Å². The molecule has 0 aliphatic carbocycles. The van der Waals surface area contributed by atoms with Crippen molar-refractivity contribution >= 4 is 39.9 Å². The SMILES string of the molecule is Nc1ncnc2c(-c3ccc(F)c(Cl)c3F)cc(N3CCOCC3=O)cc12. The van der Waals surface area contributed by atoms with E-state index in [1.807, 2.05) is 0 Å². The molecule has 2 aromatic carbocycles. The molecule has 1 aromatic heterocycles. The molecule has 0 atom stereocenters. The van der Waals surface area contributed by atoms with Gasteiger partial charge in [0.1, 0.15) is 29.6 Å². The second-order valence-corrected chi connectivity index (χ2v) is 6.35. The van der Waals surface area contributed by atoms with E-state index < -0.39 is 16.7 Å². The van der Waals surface area contributed by atoms with Crippen LogP contribution in [0.1, 0.15) is 0 Å². The molecule has 2 heterocycles. The van der Waals surface area contributed by atoms with Crippen LogP contribution in [0.2, 0.25) is 5.02 Å². The number of fused-ring (bicyclic) bond motifs is 1. The maximum atomic E-state index is 14.7. The predicted octanol–water partition coefficient (Wildman–Crippen LogP) is 3.17. The van der Waals surface area contributed by atoms with Gasteiger partial charge in [0, 0.05) is 28.7 Å². The number of nitrogen functional groups attached to an aromatic ring is 1. The lowest BCUT2D eigenvalue weighted by molar-refractivity contribution is -0.125. The quantitative estimate of drug-likeness (QED) is 0.680. The normalized spacial score (nSPS) is 14.8. The summed E-state index contributed by atoms with van der Waals surface area (Å²) in [5.74, 6) is -1.84. The summed E-state index contributed by atoms with van der Waals surface area (Å²) in [7, 11) is 0. The van der Waals surface area contributed by atoms with E-state index in [9.17, 15) is 13.6 Å². The van der Waals surface area contributed by atoms with Crippen LogP contribution in [0, 0.1) is 11.6 Å². The molecule has 0 spiro atoms. The summed E-state index contributed by atoms with van der Waals surface area (Å²) in [4.78, 5) is 21.9. The number of hydrogen-bond donors (Lipinski definition) is 1. The molecule has 1 fully saturated rings. The largest absolute Gasteiger partial charge is 0.383 e. The Balaban J connectivity index is 2.00. The van der Waals surface area contributed by atoms with Gasteiger partial charge in [0.15, 0.2) is 5.82 Å². The number of carbonyl (C=O) groups is 1.